The third kappa shape index (κ3) is 5.04. The summed E-state index contributed by atoms with van der Waals surface area (Å²) in [7, 11) is 0. The molecule has 0 N–H and O–H groups in total. The predicted octanol–water partition coefficient (Wildman–Crippen LogP) is 13.4. The number of pyridine rings is 1. The third-order valence-electron chi connectivity index (χ3n) is 11.2. The van der Waals surface area contributed by atoms with Gasteiger partial charge >= 0.3 is 0 Å². The fraction of sp³-hybridized carbons (Fsp3) is 0. The Morgan fingerprint density at radius 1 is 0.368 bits per heavy atom. The maximum Gasteiger partial charge on any atom is 0.235 e. The molecule has 0 fully saturated rings. The van der Waals surface area contributed by atoms with Crippen molar-refractivity contribution >= 4 is 75.3 Å². The van der Waals surface area contributed by atoms with Crippen molar-refractivity contribution in [1.29, 1.82) is 0 Å². The lowest BCUT2D eigenvalue weighted by Crippen LogP contribution is -2.03. The van der Waals surface area contributed by atoms with Crippen LogP contribution in [0, 0.1) is 0 Å². The van der Waals surface area contributed by atoms with Crippen LogP contribution < -0.4 is 0 Å². The van der Waals surface area contributed by atoms with Crippen LogP contribution >= 0.6 is 11.3 Å². The Morgan fingerprint density at radius 2 is 0.930 bits per heavy atom. The lowest BCUT2D eigenvalue weighted by atomic mass is 10.0. The minimum Gasteiger partial charge on any atom is -0.309 e. The number of para-hydroxylation sites is 2. The van der Waals surface area contributed by atoms with E-state index in [1.807, 2.05) is 24.4 Å². The molecule has 7 aromatic carbocycles. The molecule has 0 aliphatic rings. The molecule has 5 nitrogen and oxygen atoms in total. The highest BCUT2D eigenvalue weighted by Crippen LogP contribution is 2.40. The quantitative estimate of drug-likeness (QED) is 0.176. The summed E-state index contributed by atoms with van der Waals surface area (Å²) in [5.74, 6) is 0.646. The maximum atomic E-state index is 5.22. The molecule has 0 radical (unpaired) electrons. The van der Waals surface area contributed by atoms with Gasteiger partial charge in [0.25, 0.3) is 0 Å². The van der Waals surface area contributed by atoms with Gasteiger partial charge in [0.1, 0.15) is 0 Å². The van der Waals surface area contributed by atoms with Gasteiger partial charge in [0.2, 0.25) is 5.95 Å². The Balaban J connectivity index is 1.03. The van der Waals surface area contributed by atoms with E-state index in [4.69, 9.17) is 15.0 Å². The molecule has 266 valence electrons. The van der Waals surface area contributed by atoms with Crippen molar-refractivity contribution in [2.75, 3.05) is 0 Å². The van der Waals surface area contributed by atoms with Gasteiger partial charge in [0.05, 0.1) is 43.7 Å². The van der Waals surface area contributed by atoms with Crippen LogP contribution in [0.15, 0.2) is 188 Å². The average molecular weight is 746 g/mol. The predicted molar refractivity (Wildman–Crippen MR) is 238 cm³/mol. The SMILES string of the molecule is c1ccc(-c2cc(-c3ccccc3)nc(-n3c4ccccc4c4cc(-c5ccc6c(c5)c5ccccc5n6-c5ccc6sc7cccnc7c6c5)ccc43)n2)cc1. The molecule has 0 saturated carbocycles. The molecule has 57 heavy (non-hydrogen) atoms. The first kappa shape index (κ1) is 31.9. The monoisotopic (exact) mass is 745 g/mol. The van der Waals surface area contributed by atoms with Gasteiger partial charge in [-0.05, 0) is 83.9 Å². The summed E-state index contributed by atoms with van der Waals surface area (Å²) < 4.78 is 7.07. The fourth-order valence-corrected chi connectivity index (χ4v) is 9.62. The minimum absolute atomic E-state index is 0.646. The maximum absolute atomic E-state index is 5.22. The number of hydrogen-bond acceptors (Lipinski definition) is 4. The molecule has 0 bridgehead atoms. The molecule has 0 spiro atoms. The van der Waals surface area contributed by atoms with Gasteiger partial charge in [-0.15, -0.1) is 11.3 Å². The van der Waals surface area contributed by atoms with Crippen molar-refractivity contribution in [2.24, 2.45) is 0 Å². The average Bonchev–Trinajstić information content (AvgIpc) is 3.94. The number of thiophene rings is 1. The van der Waals surface area contributed by atoms with Gasteiger partial charge in [0, 0.05) is 54.6 Å². The molecule has 12 rings (SSSR count). The van der Waals surface area contributed by atoms with E-state index in [1.54, 1.807) is 11.3 Å². The summed E-state index contributed by atoms with van der Waals surface area (Å²) >= 11 is 1.79. The molecule has 6 heteroatoms. The summed E-state index contributed by atoms with van der Waals surface area (Å²) in [5, 5.41) is 5.96. The van der Waals surface area contributed by atoms with Crippen LogP contribution in [0.25, 0.3) is 109 Å². The number of fused-ring (bicyclic) bond motifs is 9. The van der Waals surface area contributed by atoms with Crippen LogP contribution in [-0.2, 0) is 0 Å². The van der Waals surface area contributed by atoms with Gasteiger partial charge in [-0.1, -0.05) is 109 Å². The van der Waals surface area contributed by atoms with Crippen molar-refractivity contribution in [2.45, 2.75) is 0 Å². The van der Waals surface area contributed by atoms with Crippen molar-refractivity contribution in [3.05, 3.63) is 188 Å². The lowest BCUT2D eigenvalue weighted by Gasteiger charge is -2.12. The van der Waals surface area contributed by atoms with Gasteiger partial charge in [-0.2, -0.15) is 0 Å². The number of hydrogen-bond donors (Lipinski definition) is 0. The Kier molecular flexibility index (Phi) is 7.03. The summed E-state index contributed by atoms with van der Waals surface area (Å²) in [6, 6.07) is 64.8. The van der Waals surface area contributed by atoms with E-state index in [0.29, 0.717) is 5.95 Å². The van der Waals surface area contributed by atoms with Gasteiger partial charge in [-0.3, -0.25) is 9.55 Å². The smallest absolute Gasteiger partial charge is 0.235 e. The number of nitrogens with zero attached hydrogens (tertiary/aromatic N) is 5. The molecular formula is C51H31N5S. The first-order valence-corrected chi connectivity index (χ1v) is 19.9. The van der Waals surface area contributed by atoms with Crippen molar-refractivity contribution in [3.8, 4) is 45.3 Å². The van der Waals surface area contributed by atoms with Gasteiger partial charge < -0.3 is 4.57 Å². The highest BCUT2D eigenvalue weighted by Gasteiger charge is 2.19. The minimum atomic E-state index is 0.646. The number of benzene rings is 7. The van der Waals surface area contributed by atoms with Crippen LogP contribution in [0.2, 0.25) is 0 Å². The molecule has 0 aliphatic heterocycles. The van der Waals surface area contributed by atoms with E-state index in [0.717, 1.165) is 61.1 Å². The molecule has 0 atom stereocenters. The van der Waals surface area contributed by atoms with Gasteiger partial charge in [0.15, 0.2) is 0 Å². The third-order valence-corrected chi connectivity index (χ3v) is 12.3. The van der Waals surface area contributed by atoms with E-state index in [-0.39, 0.29) is 0 Å². The Bertz CT molecular complexity index is 3470. The van der Waals surface area contributed by atoms with Crippen LogP contribution in [0.5, 0.6) is 0 Å². The molecule has 12 aromatic rings. The van der Waals surface area contributed by atoms with Crippen molar-refractivity contribution in [1.82, 2.24) is 24.1 Å². The molecule has 0 unspecified atom stereocenters. The highest BCUT2D eigenvalue weighted by atomic mass is 32.1. The molecule has 0 amide bonds. The molecular weight excluding hydrogens is 715 g/mol. The molecule has 0 saturated heterocycles. The fourth-order valence-electron chi connectivity index (χ4n) is 8.57. The van der Waals surface area contributed by atoms with E-state index >= 15 is 0 Å². The summed E-state index contributed by atoms with van der Waals surface area (Å²) in [6.45, 7) is 0. The van der Waals surface area contributed by atoms with E-state index in [2.05, 4.69) is 173 Å². The first-order valence-electron chi connectivity index (χ1n) is 19.1. The largest absolute Gasteiger partial charge is 0.309 e. The number of aromatic nitrogens is 5. The number of rotatable bonds is 5. The second-order valence-corrected chi connectivity index (χ2v) is 15.6. The zero-order valence-corrected chi connectivity index (χ0v) is 31.4. The first-order chi connectivity index (χ1) is 28.2. The normalized spacial score (nSPS) is 11.9. The Morgan fingerprint density at radius 3 is 1.58 bits per heavy atom. The second kappa shape index (κ2) is 12.6. The van der Waals surface area contributed by atoms with E-state index in [1.165, 1.54) is 42.2 Å². The van der Waals surface area contributed by atoms with Crippen LogP contribution in [0.3, 0.4) is 0 Å². The Labute approximate surface area is 331 Å². The van der Waals surface area contributed by atoms with Crippen LogP contribution in [0.1, 0.15) is 0 Å². The summed E-state index contributed by atoms with van der Waals surface area (Å²) in [4.78, 5) is 15.2. The van der Waals surface area contributed by atoms with Crippen LogP contribution in [0.4, 0.5) is 0 Å². The zero-order valence-electron chi connectivity index (χ0n) is 30.5. The van der Waals surface area contributed by atoms with E-state index < -0.39 is 0 Å². The lowest BCUT2D eigenvalue weighted by molar-refractivity contribution is 0.995. The molecule has 5 aromatic heterocycles. The van der Waals surface area contributed by atoms with E-state index in [9.17, 15) is 0 Å². The second-order valence-electron chi connectivity index (χ2n) is 14.5. The molecule has 0 aliphatic carbocycles. The topological polar surface area (TPSA) is 48.5 Å². The van der Waals surface area contributed by atoms with Crippen molar-refractivity contribution in [3.63, 3.8) is 0 Å². The Hall–Kier alpha value is -7.41. The van der Waals surface area contributed by atoms with Crippen LogP contribution in [-0.4, -0.2) is 24.1 Å². The summed E-state index contributed by atoms with van der Waals surface area (Å²) in [6.07, 6.45) is 1.89. The summed E-state index contributed by atoms with van der Waals surface area (Å²) in [5.41, 5.74) is 12.9. The highest BCUT2D eigenvalue weighted by molar-refractivity contribution is 7.25. The van der Waals surface area contributed by atoms with Crippen molar-refractivity contribution < 1.29 is 0 Å². The molecule has 5 heterocycles. The van der Waals surface area contributed by atoms with Gasteiger partial charge in [-0.25, -0.2) is 9.97 Å². The zero-order chi connectivity index (χ0) is 37.5. The standard InChI is InChI=1S/C51H31N5S/c1-3-12-32(13-4-1)42-31-43(33-14-5-2-6-15-33)54-51(53-42)56-45-19-10-8-17-38(45)40-29-35(22-25-47(40)56)34-21-24-46-39(28-34)37-16-7-9-18-44(37)55(46)36-23-26-48-41(30-36)50-49(57-48)20-11-27-52-50/h1-31H.